The molecule has 0 bridgehead atoms. The van der Waals surface area contributed by atoms with Gasteiger partial charge in [0.05, 0.1) is 0 Å². The highest BCUT2D eigenvalue weighted by Crippen LogP contribution is 2.34. The summed E-state index contributed by atoms with van der Waals surface area (Å²) in [5.74, 6) is -0.512. The molecule has 2 heterocycles. The van der Waals surface area contributed by atoms with Crippen LogP contribution in [0.3, 0.4) is 0 Å². The van der Waals surface area contributed by atoms with Gasteiger partial charge in [-0.25, -0.2) is 0 Å². The summed E-state index contributed by atoms with van der Waals surface area (Å²) in [6, 6.07) is 28.9. The van der Waals surface area contributed by atoms with Crippen LogP contribution in [-0.4, -0.2) is 52.0 Å². The third-order valence-electron chi connectivity index (χ3n) is 10.0. The van der Waals surface area contributed by atoms with Gasteiger partial charge < -0.3 is 20.8 Å². The summed E-state index contributed by atoms with van der Waals surface area (Å²) in [4.78, 5) is 29.7. The SMILES string of the molecule is CCC(C)c1cc(CNC(=O)c2cccc(C(=O)NCc3cc(C(C)CC)cc(-n4nc5ccccc5n4)c3O)c2)c(O)c(-n2nc3ccccc3n2)c1. The van der Waals surface area contributed by atoms with Crippen LogP contribution in [0, 0.1) is 0 Å². The van der Waals surface area contributed by atoms with Crippen LogP contribution in [0.5, 0.6) is 11.5 Å². The normalized spacial score (nSPS) is 12.5. The number of nitrogens with zero attached hydrogens (tertiary/aromatic N) is 6. The van der Waals surface area contributed by atoms with Crippen LogP contribution in [-0.2, 0) is 13.1 Å². The van der Waals surface area contributed by atoms with Gasteiger partial charge in [0, 0.05) is 35.3 Å². The predicted octanol–water partition coefficient (Wildman–Crippen LogP) is 7.45. The van der Waals surface area contributed by atoms with E-state index in [1.165, 1.54) is 15.7 Å². The minimum Gasteiger partial charge on any atom is -0.505 e. The summed E-state index contributed by atoms with van der Waals surface area (Å²) in [5, 5.41) is 46.8. The smallest absolute Gasteiger partial charge is 0.251 e. The van der Waals surface area contributed by atoms with E-state index in [9.17, 15) is 19.8 Å². The van der Waals surface area contributed by atoms with Crippen molar-refractivity contribution < 1.29 is 19.8 Å². The molecule has 0 spiro atoms. The van der Waals surface area contributed by atoms with Crippen molar-refractivity contribution in [2.45, 2.75) is 65.5 Å². The first kappa shape index (κ1) is 35.8. The molecule has 2 unspecified atom stereocenters. The van der Waals surface area contributed by atoms with Gasteiger partial charge in [0.15, 0.2) is 0 Å². The number of benzene rings is 5. The van der Waals surface area contributed by atoms with Crippen LogP contribution in [0.25, 0.3) is 33.4 Å². The second kappa shape index (κ2) is 15.2. The maximum absolute atomic E-state index is 13.4. The summed E-state index contributed by atoms with van der Waals surface area (Å²) in [5.41, 5.74) is 7.21. The molecular weight excluding hydrogens is 681 g/mol. The number of fused-ring (bicyclic) bond motifs is 2. The second-order valence-electron chi connectivity index (χ2n) is 13.6. The molecule has 2 amide bonds. The number of aromatic nitrogens is 6. The summed E-state index contributed by atoms with van der Waals surface area (Å²) < 4.78 is 0. The molecule has 2 atom stereocenters. The third kappa shape index (κ3) is 7.23. The number of hydrogen-bond donors (Lipinski definition) is 4. The number of amides is 2. The number of aromatic hydroxyl groups is 2. The molecule has 0 aliphatic heterocycles. The molecule has 54 heavy (non-hydrogen) atoms. The Bertz CT molecular complexity index is 2270. The average molecular weight is 723 g/mol. The standard InChI is InChI=1S/C42H42N8O4/c1-5-25(3)29-19-31(39(51)37(21-29)49-45-33-14-7-8-15-34(33)46-49)23-43-41(53)27-12-11-13-28(18-27)42(54)44-24-32-20-30(26(4)6-2)22-38(40(32)52)50-47-35-16-9-10-17-36(35)48-50/h7-22,25-26,51-52H,5-6,23-24H2,1-4H3,(H,43,53)(H,44,54). The Morgan fingerprint density at radius 1 is 0.574 bits per heavy atom. The molecule has 0 saturated heterocycles. The molecule has 4 N–H and O–H groups in total. The molecule has 7 rings (SSSR count). The van der Waals surface area contributed by atoms with E-state index in [4.69, 9.17) is 0 Å². The van der Waals surface area contributed by atoms with Crippen LogP contribution < -0.4 is 10.6 Å². The van der Waals surface area contributed by atoms with Crippen molar-refractivity contribution in [3.05, 3.63) is 130 Å². The van der Waals surface area contributed by atoms with Gasteiger partial charge in [-0.05, 0) is 103 Å². The highest BCUT2D eigenvalue weighted by molar-refractivity contribution is 5.99. The molecule has 12 heteroatoms. The Hall–Kier alpha value is -6.56. The Morgan fingerprint density at radius 3 is 1.30 bits per heavy atom. The van der Waals surface area contributed by atoms with Crippen LogP contribution in [0.2, 0.25) is 0 Å². The van der Waals surface area contributed by atoms with Crippen LogP contribution >= 0.6 is 0 Å². The zero-order valence-electron chi connectivity index (χ0n) is 30.6. The van der Waals surface area contributed by atoms with Gasteiger partial charge in [-0.15, -0.1) is 30.0 Å². The lowest BCUT2D eigenvalue weighted by Gasteiger charge is -2.17. The number of rotatable bonds is 12. The summed E-state index contributed by atoms with van der Waals surface area (Å²) in [6.45, 7) is 8.45. The van der Waals surface area contributed by atoms with E-state index in [0.29, 0.717) is 44.6 Å². The van der Waals surface area contributed by atoms with E-state index >= 15 is 0 Å². The molecule has 5 aromatic carbocycles. The van der Waals surface area contributed by atoms with Crippen molar-refractivity contribution in [3.8, 4) is 22.9 Å². The molecule has 274 valence electrons. The second-order valence-corrected chi connectivity index (χ2v) is 13.6. The lowest BCUT2D eigenvalue weighted by molar-refractivity contribution is 0.0950. The van der Waals surface area contributed by atoms with Crippen LogP contribution in [0.1, 0.15) is 95.3 Å². The lowest BCUT2D eigenvalue weighted by Crippen LogP contribution is -2.25. The Balaban J connectivity index is 1.08. The van der Waals surface area contributed by atoms with E-state index in [-0.39, 0.29) is 47.6 Å². The number of phenols is 2. The summed E-state index contributed by atoms with van der Waals surface area (Å²) in [7, 11) is 0. The van der Waals surface area contributed by atoms with E-state index in [1.54, 1.807) is 18.2 Å². The first-order valence-electron chi connectivity index (χ1n) is 18.2. The maximum atomic E-state index is 13.4. The monoisotopic (exact) mass is 722 g/mol. The number of carbonyl (C=O) groups is 2. The fourth-order valence-electron chi connectivity index (χ4n) is 6.31. The Morgan fingerprint density at radius 2 is 0.944 bits per heavy atom. The quantitative estimate of drug-likeness (QED) is 0.101. The molecule has 7 aromatic rings. The molecule has 0 fully saturated rings. The number of hydrogen-bond acceptors (Lipinski definition) is 8. The van der Waals surface area contributed by atoms with E-state index in [1.807, 2.05) is 72.8 Å². The average Bonchev–Trinajstić information content (AvgIpc) is 3.84. The zero-order valence-corrected chi connectivity index (χ0v) is 30.6. The number of carbonyl (C=O) groups excluding carboxylic acids is 2. The minimum absolute atomic E-state index is 0.0313. The Kier molecular flexibility index (Phi) is 10.1. The largest absolute Gasteiger partial charge is 0.505 e. The molecule has 12 nitrogen and oxygen atoms in total. The third-order valence-corrected chi connectivity index (χ3v) is 10.0. The number of nitrogens with one attached hydrogen (secondary N) is 2. The van der Waals surface area contributed by atoms with Crippen molar-refractivity contribution in [1.82, 2.24) is 40.6 Å². The van der Waals surface area contributed by atoms with E-state index in [2.05, 4.69) is 58.7 Å². The van der Waals surface area contributed by atoms with Crippen LogP contribution in [0.15, 0.2) is 97.1 Å². The van der Waals surface area contributed by atoms with Gasteiger partial charge >= 0.3 is 0 Å². The zero-order chi connectivity index (χ0) is 37.9. The van der Waals surface area contributed by atoms with Gasteiger partial charge in [0.2, 0.25) is 0 Å². The molecule has 0 aliphatic carbocycles. The van der Waals surface area contributed by atoms with Gasteiger partial charge in [0.25, 0.3) is 11.8 Å². The fraction of sp³-hybridized carbons (Fsp3) is 0.238. The first-order chi connectivity index (χ1) is 26.1. The van der Waals surface area contributed by atoms with Crippen LogP contribution in [0.4, 0.5) is 0 Å². The van der Waals surface area contributed by atoms with Gasteiger partial charge in [-0.1, -0.05) is 58.0 Å². The molecular formula is C42H42N8O4. The van der Waals surface area contributed by atoms with E-state index < -0.39 is 11.8 Å². The Labute approximate surface area is 312 Å². The molecule has 0 aliphatic rings. The highest BCUT2D eigenvalue weighted by Gasteiger charge is 2.20. The van der Waals surface area contributed by atoms with Crippen molar-refractivity contribution in [2.24, 2.45) is 0 Å². The van der Waals surface area contributed by atoms with E-state index in [0.717, 1.165) is 24.0 Å². The highest BCUT2D eigenvalue weighted by atomic mass is 16.3. The molecule has 2 aromatic heterocycles. The van der Waals surface area contributed by atoms with Gasteiger partial charge in [-0.3, -0.25) is 9.59 Å². The van der Waals surface area contributed by atoms with Crippen molar-refractivity contribution in [3.63, 3.8) is 0 Å². The fourth-order valence-corrected chi connectivity index (χ4v) is 6.31. The van der Waals surface area contributed by atoms with Crippen molar-refractivity contribution in [1.29, 1.82) is 0 Å². The van der Waals surface area contributed by atoms with Gasteiger partial charge in [0.1, 0.15) is 44.9 Å². The maximum Gasteiger partial charge on any atom is 0.251 e. The summed E-state index contributed by atoms with van der Waals surface area (Å²) in [6.07, 6.45) is 1.75. The van der Waals surface area contributed by atoms with Crippen molar-refractivity contribution >= 4 is 33.9 Å². The summed E-state index contributed by atoms with van der Waals surface area (Å²) >= 11 is 0. The lowest BCUT2D eigenvalue weighted by atomic mass is 9.95. The molecule has 0 radical (unpaired) electrons. The minimum atomic E-state index is -0.412. The van der Waals surface area contributed by atoms with Crippen molar-refractivity contribution in [2.75, 3.05) is 0 Å². The number of phenolic OH excluding ortho intramolecular Hbond substituents is 2. The van der Waals surface area contributed by atoms with Gasteiger partial charge in [-0.2, -0.15) is 0 Å². The topological polar surface area (TPSA) is 160 Å². The predicted molar refractivity (Wildman–Crippen MR) is 207 cm³/mol. The first-order valence-corrected chi connectivity index (χ1v) is 18.2. The molecule has 0 saturated carbocycles.